The minimum atomic E-state index is -0.704. The molecule has 3 rings (SSSR count). The topological polar surface area (TPSA) is 79.8 Å². The van der Waals surface area contributed by atoms with Gasteiger partial charge in [-0.15, -0.1) is 0 Å². The number of nitrogens with one attached hydrogen (secondary N) is 2. The van der Waals surface area contributed by atoms with Crippen LogP contribution in [0.25, 0.3) is 0 Å². The Kier molecular flexibility index (Phi) is 8.23. The van der Waals surface area contributed by atoms with Gasteiger partial charge in [-0.2, -0.15) is 0 Å². The van der Waals surface area contributed by atoms with Crippen LogP contribution < -0.4 is 10.6 Å². The van der Waals surface area contributed by atoms with Crippen LogP contribution in [-0.4, -0.2) is 29.4 Å². The maximum Gasteiger partial charge on any atom is 0.338 e. The van der Waals surface area contributed by atoms with Crippen molar-refractivity contribution in [1.82, 2.24) is 5.32 Å². The lowest BCUT2D eigenvalue weighted by Crippen LogP contribution is -2.31. The molecule has 0 aromatic heterocycles. The second-order valence-corrected chi connectivity index (χ2v) is 8.82. The number of allylic oxidation sites excluding steroid dienone is 1. The van der Waals surface area contributed by atoms with E-state index in [9.17, 15) is 9.59 Å². The summed E-state index contributed by atoms with van der Waals surface area (Å²) in [5, 5.41) is 7.14. The minimum absolute atomic E-state index is 0.137. The molecular weight excluding hydrogens is 469 g/mol. The van der Waals surface area contributed by atoms with E-state index in [0.29, 0.717) is 32.0 Å². The highest BCUT2D eigenvalue weighted by Gasteiger charge is 2.32. The highest BCUT2D eigenvalue weighted by atomic mass is 35.5. The van der Waals surface area contributed by atoms with Gasteiger partial charge in [0.2, 0.25) is 5.91 Å². The van der Waals surface area contributed by atoms with Crippen molar-refractivity contribution in [2.75, 3.05) is 17.7 Å². The van der Waals surface area contributed by atoms with Gasteiger partial charge in [0.05, 0.1) is 28.0 Å². The van der Waals surface area contributed by atoms with E-state index in [-0.39, 0.29) is 18.3 Å². The van der Waals surface area contributed by atoms with Crippen molar-refractivity contribution in [3.63, 3.8) is 0 Å². The van der Waals surface area contributed by atoms with Crippen molar-refractivity contribution in [3.8, 4) is 0 Å². The number of hydrogen-bond acceptors (Lipinski definition) is 6. The molecule has 1 heterocycles. The number of hydrogen-bond donors (Lipinski definition) is 2. The third-order valence-electron chi connectivity index (χ3n) is 4.66. The fourth-order valence-corrected chi connectivity index (χ4v) is 4.27. The number of nitrogens with zero attached hydrogens (tertiary/aromatic N) is 1. The van der Waals surface area contributed by atoms with E-state index < -0.39 is 12.0 Å². The van der Waals surface area contributed by atoms with Crippen LogP contribution in [0, 0.1) is 6.92 Å². The molecule has 2 aromatic carbocycles. The Bertz CT molecular complexity index is 1080. The average molecular weight is 492 g/mol. The number of halogens is 2. The zero-order valence-corrected chi connectivity index (χ0v) is 20.2. The molecule has 0 unspecified atom stereocenters. The first-order valence-corrected chi connectivity index (χ1v) is 11.7. The van der Waals surface area contributed by atoms with Crippen molar-refractivity contribution in [2.45, 2.75) is 26.8 Å². The lowest BCUT2D eigenvalue weighted by molar-refractivity contribution is -0.139. The Morgan fingerprint density at radius 1 is 1.16 bits per heavy atom. The molecular formula is C23H23Cl2N3O3S. The summed E-state index contributed by atoms with van der Waals surface area (Å²) in [4.78, 5) is 29.7. The van der Waals surface area contributed by atoms with Gasteiger partial charge in [-0.1, -0.05) is 64.8 Å². The first kappa shape index (κ1) is 24.2. The number of amidine groups is 1. The molecule has 0 aliphatic carbocycles. The van der Waals surface area contributed by atoms with E-state index in [1.807, 2.05) is 31.2 Å². The molecule has 0 bridgehead atoms. The number of thioether (sulfide) groups is 1. The Balaban J connectivity index is 1.81. The minimum Gasteiger partial charge on any atom is -0.463 e. The molecule has 6 nitrogen and oxygen atoms in total. The van der Waals surface area contributed by atoms with Gasteiger partial charge in [-0.05, 0) is 39.0 Å². The molecule has 1 amide bonds. The SMILES string of the molecule is CCOC(=O)C1=C(C)NC(SCC(=O)Nc2ccc(C)cc2)=N[C@@H]1c1cccc(Cl)c1Cl. The van der Waals surface area contributed by atoms with Crippen molar-refractivity contribution in [3.05, 3.63) is 74.9 Å². The highest BCUT2D eigenvalue weighted by Crippen LogP contribution is 2.39. The van der Waals surface area contributed by atoms with E-state index in [2.05, 4.69) is 15.6 Å². The Morgan fingerprint density at radius 2 is 1.88 bits per heavy atom. The number of carbonyl (C=O) groups is 2. The van der Waals surface area contributed by atoms with Crippen molar-refractivity contribution < 1.29 is 14.3 Å². The van der Waals surface area contributed by atoms with Gasteiger partial charge in [-0.3, -0.25) is 4.79 Å². The second-order valence-electron chi connectivity index (χ2n) is 7.07. The summed E-state index contributed by atoms with van der Waals surface area (Å²) in [6, 6.07) is 12.1. The van der Waals surface area contributed by atoms with Crippen LogP contribution in [-0.2, 0) is 14.3 Å². The molecule has 0 radical (unpaired) electrons. The van der Waals surface area contributed by atoms with E-state index in [4.69, 9.17) is 27.9 Å². The van der Waals surface area contributed by atoms with Crippen molar-refractivity contribution in [2.24, 2.45) is 4.99 Å². The van der Waals surface area contributed by atoms with Gasteiger partial charge in [0.15, 0.2) is 5.17 Å². The summed E-state index contributed by atoms with van der Waals surface area (Å²) in [7, 11) is 0. The molecule has 0 saturated heterocycles. The van der Waals surface area contributed by atoms with Gasteiger partial charge in [0.1, 0.15) is 6.04 Å². The van der Waals surface area contributed by atoms with Crippen LogP contribution in [0.4, 0.5) is 5.69 Å². The third-order valence-corrected chi connectivity index (χ3v) is 6.39. The predicted molar refractivity (Wildman–Crippen MR) is 131 cm³/mol. The zero-order chi connectivity index (χ0) is 23.3. The second kappa shape index (κ2) is 10.9. The molecule has 9 heteroatoms. The highest BCUT2D eigenvalue weighted by molar-refractivity contribution is 8.14. The number of ether oxygens (including phenoxy) is 1. The van der Waals surface area contributed by atoms with Crippen LogP contribution >= 0.6 is 35.0 Å². The number of aliphatic imine (C=N–C) groups is 1. The fraction of sp³-hybridized carbons (Fsp3) is 0.261. The summed E-state index contributed by atoms with van der Waals surface area (Å²) in [6.07, 6.45) is 0. The quantitative estimate of drug-likeness (QED) is 0.520. The summed E-state index contributed by atoms with van der Waals surface area (Å²) in [6.45, 7) is 5.72. The van der Waals surface area contributed by atoms with E-state index >= 15 is 0 Å². The molecule has 2 aromatic rings. The molecule has 0 spiro atoms. The predicted octanol–water partition coefficient (Wildman–Crippen LogP) is 5.51. The molecule has 0 saturated carbocycles. The van der Waals surface area contributed by atoms with Crippen LogP contribution in [0.5, 0.6) is 0 Å². The lowest BCUT2D eigenvalue weighted by atomic mass is 9.96. The fourth-order valence-electron chi connectivity index (χ4n) is 3.12. The summed E-state index contributed by atoms with van der Waals surface area (Å²) in [5.74, 6) is -0.514. The van der Waals surface area contributed by atoms with Gasteiger partial charge in [0.25, 0.3) is 0 Å². The van der Waals surface area contributed by atoms with E-state index in [0.717, 1.165) is 11.3 Å². The number of carbonyl (C=O) groups excluding carboxylic acids is 2. The summed E-state index contributed by atoms with van der Waals surface area (Å²) < 4.78 is 5.23. The molecule has 1 aliphatic heterocycles. The van der Waals surface area contributed by atoms with Gasteiger partial charge >= 0.3 is 5.97 Å². The maximum absolute atomic E-state index is 12.7. The molecule has 1 aliphatic rings. The average Bonchev–Trinajstić information content (AvgIpc) is 2.75. The zero-order valence-electron chi connectivity index (χ0n) is 17.9. The van der Waals surface area contributed by atoms with Crippen LogP contribution in [0.1, 0.15) is 31.0 Å². The molecule has 1 atom stereocenters. The number of anilines is 1. The van der Waals surface area contributed by atoms with Crippen LogP contribution in [0.15, 0.2) is 58.7 Å². The van der Waals surface area contributed by atoms with E-state index in [1.54, 1.807) is 32.0 Å². The molecule has 0 fully saturated rings. The number of benzene rings is 2. The lowest BCUT2D eigenvalue weighted by Gasteiger charge is -2.26. The molecule has 2 N–H and O–H groups in total. The first-order chi connectivity index (χ1) is 15.3. The van der Waals surface area contributed by atoms with Crippen molar-refractivity contribution >= 4 is 57.7 Å². The monoisotopic (exact) mass is 491 g/mol. The normalized spacial score (nSPS) is 15.7. The number of esters is 1. The Labute approximate surface area is 201 Å². The van der Waals surface area contributed by atoms with Crippen molar-refractivity contribution in [1.29, 1.82) is 0 Å². The smallest absolute Gasteiger partial charge is 0.338 e. The maximum atomic E-state index is 12.7. The van der Waals surface area contributed by atoms with Crippen LogP contribution in [0.3, 0.4) is 0 Å². The standard InChI is InChI=1S/C23H23Cl2N3O3S/c1-4-31-22(30)19-14(3)26-23(28-21(19)16-6-5-7-17(24)20(16)25)32-12-18(29)27-15-10-8-13(2)9-11-15/h5-11,21H,4,12H2,1-3H3,(H,26,28)(H,27,29)/t21-/m1/s1. The number of rotatable bonds is 6. The van der Waals surface area contributed by atoms with Crippen LogP contribution in [0.2, 0.25) is 10.0 Å². The van der Waals surface area contributed by atoms with Gasteiger partial charge < -0.3 is 15.4 Å². The largest absolute Gasteiger partial charge is 0.463 e. The molecule has 32 heavy (non-hydrogen) atoms. The number of amides is 1. The first-order valence-electron chi connectivity index (χ1n) is 9.96. The Hall–Kier alpha value is -2.48. The summed E-state index contributed by atoms with van der Waals surface area (Å²) >= 11 is 13.9. The summed E-state index contributed by atoms with van der Waals surface area (Å²) in [5.41, 5.74) is 3.36. The molecule has 168 valence electrons. The third kappa shape index (κ3) is 5.85. The van der Waals surface area contributed by atoms with E-state index in [1.165, 1.54) is 11.8 Å². The Morgan fingerprint density at radius 3 is 2.56 bits per heavy atom. The van der Waals surface area contributed by atoms with Gasteiger partial charge in [-0.25, -0.2) is 9.79 Å². The van der Waals surface area contributed by atoms with Gasteiger partial charge in [0, 0.05) is 16.9 Å². The number of aryl methyl sites for hydroxylation is 1.